The summed E-state index contributed by atoms with van der Waals surface area (Å²) in [5.74, 6) is 0.658. The first-order valence-electron chi connectivity index (χ1n) is 8.34. The molecule has 0 aliphatic heterocycles. The second-order valence-corrected chi connectivity index (χ2v) is 6.09. The number of hydrogen-bond donors (Lipinski definition) is 3. The van der Waals surface area contributed by atoms with E-state index in [-0.39, 0.29) is 18.1 Å². The predicted molar refractivity (Wildman–Crippen MR) is 93.2 cm³/mol. The highest BCUT2D eigenvalue weighted by Gasteiger charge is 2.23. The number of ether oxygens (including phenoxy) is 1. The summed E-state index contributed by atoms with van der Waals surface area (Å²) in [6.07, 6.45) is 7.25. The Morgan fingerprint density at radius 3 is 2.62 bits per heavy atom. The van der Waals surface area contributed by atoms with Crippen molar-refractivity contribution in [2.24, 2.45) is 0 Å². The average Bonchev–Trinajstić information content (AvgIpc) is 2.63. The number of carbonyl (C=O) groups is 1. The van der Waals surface area contributed by atoms with Gasteiger partial charge in [0.2, 0.25) is 0 Å². The largest absolute Gasteiger partial charge is 0.486 e. The van der Waals surface area contributed by atoms with Gasteiger partial charge in [-0.15, -0.1) is 0 Å². The molecule has 2 rings (SSSR count). The number of benzene rings is 1. The van der Waals surface area contributed by atoms with Crippen LogP contribution in [0.3, 0.4) is 0 Å². The Balaban J connectivity index is 1.99. The topological polar surface area (TPSA) is 73.8 Å². The number of nitrogens with one attached hydrogen (secondary N) is 2. The molecule has 1 aliphatic carbocycles. The van der Waals surface area contributed by atoms with Gasteiger partial charge in [-0.25, -0.2) is 0 Å². The van der Waals surface area contributed by atoms with Crippen molar-refractivity contribution in [1.82, 2.24) is 15.7 Å². The number of hydroxylamine groups is 1. The molecule has 3 N–H and O–H groups in total. The number of carbonyl (C=O) groups excluding carboxylic acids is 1. The van der Waals surface area contributed by atoms with Gasteiger partial charge in [0.25, 0.3) is 5.91 Å². The number of nitrogens with zero attached hydrogens (tertiary/aromatic N) is 1. The maximum atomic E-state index is 12.6. The molecule has 6 heteroatoms. The molecule has 1 aromatic carbocycles. The zero-order valence-corrected chi connectivity index (χ0v) is 14.5. The molecule has 132 valence electrons. The van der Waals surface area contributed by atoms with E-state index in [0.29, 0.717) is 5.56 Å². The quantitative estimate of drug-likeness (QED) is 0.405. The van der Waals surface area contributed by atoms with E-state index in [0.717, 1.165) is 25.0 Å². The first kappa shape index (κ1) is 18.4. The van der Waals surface area contributed by atoms with Crippen LogP contribution >= 0.6 is 0 Å². The van der Waals surface area contributed by atoms with Crippen molar-refractivity contribution in [3.05, 3.63) is 42.0 Å². The van der Waals surface area contributed by atoms with E-state index >= 15 is 0 Å². The lowest BCUT2D eigenvalue weighted by Crippen LogP contribution is -2.54. The summed E-state index contributed by atoms with van der Waals surface area (Å²) in [7, 11) is 3.43. The van der Waals surface area contributed by atoms with Crippen LogP contribution in [0, 0.1) is 0 Å². The Morgan fingerprint density at radius 2 is 2.08 bits per heavy atom. The van der Waals surface area contributed by atoms with E-state index in [4.69, 9.17) is 9.94 Å². The third kappa shape index (κ3) is 4.56. The van der Waals surface area contributed by atoms with Gasteiger partial charge in [-0.3, -0.25) is 4.79 Å². The minimum Gasteiger partial charge on any atom is -0.486 e. The van der Waals surface area contributed by atoms with Gasteiger partial charge in [0.05, 0.1) is 6.04 Å². The molecule has 0 saturated heterocycles. The van der Waals surface area contributed by atoms with Crippen molar-refractivity contribution in [3.8, 4) is 5.75 Å². The zero-order chi connectivity index (χ0) is 17.5. The molecule has 24 heavy (non-hydrogen) atoms. The predicted octanol–water partition coefficient (Wildman–Crippen LogP) is 2.16. The minimum atomic E-state index is -0.403. The fourth-order valence-electron chi connectivity index (χ4n) is 2.76. The summed E-state index contributed by atoms with van der Waals surface area (Å²) in [5.41, 5.74) is 2.75. The van der Waals surface area contributed by atoms with Gasteiger partial charge < -0.3 is 20.2 Å². The van der Waals surface area contributed by atoms with Crippen molar-refractivity contribution in [1.29, 1.82) is 0 Å². The smallest absolute Gasteiger partial charge is 0.253 e. The van der Waals surface area contributed by atoms with Crippen LogP contribution in [-0.4, -0.2) is 48.4 Å². The summed E-state index contributed by atoms with van der Waals surface area (Å²) >= 11 is 0. The lowest BCUT2D eigenvalue weighted by atomic mass is 10.1. The molecule has 0 heterocycles. The minimum absolute atomic E-state index is 0.109. The van der Waals surface area contributed by atoms with Crippen molar-refractivity contribution in [2.75, 3.05) is 14.1 Å². The van der Waals surface area contributed by atoms with E-state index in [1.54, 1.807) is 31.1 Å². The van der Waals surface area contributed by atoms with Gasteiger partial charge in [0.1, 0.15) is 18.0 Å². The van der Waals surface area contributed by atoms with Crippen LogP contribution < -0.4 is 15.5 Å². The molecule has 3 unspecified atom stereocenters. The van der Waals surface area contributed by atoms with Crippen LogP contribution in [-0.2, 0) is 0 Å². The maximum absolute atomic E-state index is 12.6. The third-order valence-corrected chi connectivity index (χ3v) is 4.46. The van der Waals surface area contributed by atoms with E-state index in [2.05, 4.69) is 22.9 Å². The summed E-state index contributed by atoms with van der Waals surface area (Å²) < 4.78 is 5.91. The molecule has 0 radical (unpaired) electrons. The second kappa shape index (κ2) is 8.82. The highest BCUT2D eigenvalue weighted by Crippen LogP contribution is 2.20. The number of likely N-dealkylation sites (N-methyl/N-ethyl adjacent to an activating group) is 2. The van der Waals surface area contributed by atoms with Crippen LogP contribution in [0.25, 0.3) is 0 Å². The lowest BCUT2D eigenvalue weighted by molar-refractivity contribution is 0.0493. The Bertz CT molecular complexity index is 555. The van der Waals surface area contributed by atoms with Crippen molar-refractivity contribution >= 4 is 5.91 Å². The second-order valence-electron chi connectivity index (χ2n) is 6.09. The van der Waals surface area contributed by atoms with Gasteiger partial charge in [-0.2, -0.15) is 5.48 Å². The Kier molecular flexibility index (Phi) is 6.78. The standard InChI is InChI=1S/C18H27N3O3/c1-13(17(19-2)20-23)21(3)18(22)14-9-11-16(12-10-14)24-15-7-5-4-6-8-15/h5,7,9-13,15,17,19-20,23H,4,6,8H2,1-3H3. The molecule has 0 saturated carbocycles. The number of allylic oxidation sites excluding steroid dienone is 1. The van der Waals surface area contributed by atoms with Gasteiger partial charge in [-0.1, -0.05) is 6.08 Å². The molecule has 0 fully saturated rings. The van der Waals surface area contributed by atoms with Crippen molar-refractivity contribution in [3.63, 3.8) is 0 Å². The first-order chi connectivity index (χ1) is 11.6. The number of rotatable bonds is 7. The fourth-order valence-corrected chi connectivity index (χ4v) is 2.76. The summed E-state index contributed by atoms with van der Waals surface area (Å²) in [6.45, 7) is 1.86. The molecule has 1 amide bonds. The SMILES string of the molecule is CNC(NO)C(C)N(C)C(=O)c1ccc(OC2C=CCCC2)cc1. The third-order valence-electron chi connectivity index (χ3n) is 4.46. The monoisotopic (exact) mass is 333 g/mol. The lowest BCUT2D eigenvalue weighted by Gasteiger charge is -2.31. The van der Waals surface area contributed by atoms with E-state index in [1.165, 1.54) is 0 Å². The molecule has 3 atom stereocenters. The normalized spacial score (nSPS) is 19.6. The van der Waals surface area contributed by atoms with Gasteiger partial charge in [-0.05, 0) is 63.6 Å². The van der Waals surface area contributed by atoms with E-state index < -0.39 is 6.17 Å². The zero-order valence-electron chi connectivity index (χ0n) is 14.5. The molecule has 0 spiro atoms. The average molecular weight is 333 g/mol. The van der Waals surface area contributed by atoms with Gasteiger partial charge in [0.15, 0.2) is 0 Å². The molecule has 1 aromatic rings. The van der Waals surface area contributed by atoms with Gasteiger partial charge in [0, 0.05) is 12.6 Å². The molecular formula is C18H27N3O3. The van der Waals surface area contributed by atoms with Crippen molar-refractivity contribution in [2.45, 2.75) is 44.5 Å². The number of hydrogen-bond acceptors (Lipinski definition) is 5. The molecule has 0 bridgehead atoms. The highest BCUT2D eigenvalue weighted by atomic mass is 16.5. The Hall–Kier alpha value is -1.89. The molecule has 0 aromatic heterocycles. The van der Waals surface area contributed by atoms with Crippen LogP contribution in [0.2, 0.25) is 0 Å². The highest BCUT2D eigenvalue weighted by molar-refractivity contribution is 5.94. The van der Waals surface area contributed by atoms with Crippen LogP contribution in [0.15, 0.2) is 36.4 Å². The molecular weight excluding hydrogens is 306 g/mol. The van der Waals surface area contributed by atoms with E-state index in [1.807, 2.05) is 19.1 Å². The first-order valence-corrected chi connectivity index (χ1v) is 8.34. The summed E-state index contributed by atoms with van der Waals surface area (Å²) in [6, 6.07) is 6.97. The van der Waals surface area contributed by atoms with Crippen molar-refractivity contribution < 1.29 is 14.7 Å². The summed E-state index contributed by atoms with van der Waals surface area (Å²) in [5, 5.41) is 12.0. The number of amides is 1. The Labute approximate surface area is 143 Å². The van der Waals surface area contributed by atoms with E-state index in [9.17, 15) is 4.79 Å². The maximum Gasteiger partial charge on any atom is 0.253 e. The van der Waals surface area contributed by atoms with Crippen LogP contribution in [0.4, 0.5) is 0 Å². The van der Waals surface area contributed by atoms with Gasteiger partial charge >= 0.3 is 0 Å². The van der Waals surface area contributed by atoms with Crippen LogP contribution in [0.1, 0.15) is 36.5 Å². The Morgan fingerprint density at radius 1 is 1.38 bits per heavy atom. The molecule has 6 nitrogen and oxygen atoms in total. The summed E-state index contributed by atoms with van der Waals surface area (Å²) in [4.78, 5) is 14.1. The fraction of sp³-hybridized carbons (Fsp3) is 0.500. The van der Waals surface area contributed by atoms with Crippen LogP contribution in [0.5, 0.6) is 5.75 Å². The molecule has 1 aliphatic rings.